The lowest BCUT2D eigenvalue weighted by molar-refractivity contribution is -0.0881. The maximum absolute atomic E-state index is 11.0. The van der Waals surface area contributed by atoms with Gasteiger partial charge in [-0.3, -0.25) is 0 Å². The predicted molar refractivity (Wildman–Crippen MR) is 77.2 cm³/mol. The average Bonchev–Trinajstić information content (AvgIpc) is 2.44. The average molecular weight is 263 g/mol. The third-order valence-electron chi connectivity index (χ3n) is 4.55. The van der Waals surface area contributed by atoms with Crippen molar-refractivity contribution in [1.29, 1.82) is 0 Å². The molecule has 106 valence electrons. The minimum absolute atomic E-state index is 0.328. The van der Waals surface area contributed by atoms with Crippen molar-refractivity contribution in [2.45, 2.75) is 44.1 Å². The van der Waals surface area contributed by atoms with E-state index in [1.165, 1.54) is 11.1 Å². The second-order valence-electron chi connectivity index (χ2n) is 5.71. The molecule has 0 amide bonds. The Kier molecular flexibility index (Phi) is 4.29. The van der Waals surface area contributed by atoms with Crippen molar-refractivity contribution in [3.8, 4) is 0 Å². The van der Waals surface area contributed by atoms with E-state index in [1.807, 2.05) is 19.9 Å². The lowest BCUT2D eigenvalue weighted by atomic mass is 9.61. The number of aryl methyl sites for hydroxylation is 1. The van der Waals surface area contributed by atoms with Gasteiger partial charge in [0.2, 0.25) is 0 Å². The molecule has 1 aliphatic carbocycles. The van der Waals surface area contributed by atoms with Gasteiger partial charge in [0.15, 0.2) is 0 Å². The summed E-state index contributed by atoms with van der Waals surface area (Å²) in [7, 11) is 0. The molecule has 3 heteroatoms. The Morgan fingerprint density at radius 2 is 2.16 bits per heavy atom. The second kappa shape index (κ2) is 5.61. The minimum atomic E-state index is -0.936. The Hall–Kier alpha value is -0.900. The number of rotatable bonds is 5. The summed E-state index contributed by atoms with van der Waals surface area (Å²) in [6.07, 6.45) is 3.06. The van der Waals surface area contributed by atoms with Crippen LogP contribution >= 0.6 is 0 Å². The molecule has 2 unspecified atom stereocenters. The number of fused-ring (bicyclic) bond motifs is 1. The van der Waals surface area contributed by atoms with Gasteiger partial charge in [-0.25, -0.2) is 0 Å². The smallest absolute Gasteiger partial charge is 0.0960 e. The van der Waals surface area contributed by atoms with E-state index in [4.69, 9.17) is 10.5 Å². The first-order valence-corrected chi connectivity index (χ1v) is 7.16. The molecular formula is C16H25NO2. The zero-order valence-electron chi connectivity index (χ0n) is 12.0. The normalized spacial score (nSPS) is 25.7. The molecule has 1 aromatic carbocycles. The molecule has 0 spiro atoms. The first kappa shape index (κ1) is 14.5. The van der Waals surface area contributed by atoms with Crippen molar-refractivity contribution in [1.82, 2.24) is 0 Å². The Bertz CT molecular complexity index is 431. The van der Waals surface area contributed by atoms with E-state index >= 15 is 0 Å². The van der Waals surface area contributed by atoms with Gasteiger partial charge in [-0.2, -0.15) is 0 Å². The van der Waals surface area contributed by atoms with Crippen molar-refractivity contribution >= 4 is 0 Å². The highest BCUT2D eigenvalue weighted by Gasteiger charge is 2.49. The molecule has 0 bridgehead atoms. The van der Waals surface area contributed by atoms with Gasteiger partial charge in [0, 0.05) is 18.6 Å². The van der Waals surface area contributed by atoms with E-state index in [2.05, 4.69) is 18.2 Å². The molecule has 0 heterocycles. The highest BCUT2D eigenvalue weighted by atomic mass is 16.5. The second-order valence-corrected chi connectivity index (χ2v) is 5.71. The highest BCUT2D eigenvalue weighted by Crippen LogP contribution is 2.44. The van der Waals surface area contributed by atoms with Gasteiger partial charge in [-0.15, -0.1) is 0 Å². The van der Waals surface area contributed by atoms with Crippen LogP contribution in [0.4, 0.5) is 0 Å². The maximum atomic E-state index is 11.0. The Labute approximate surface area is 115 Å². The number of nitrogens with two attached hydrogens (primary N) is 1. The van der Waals surface area contributed by atoms with Gasteiger partial charge in [0.1, 0.15) is 0 Å². The molecule has 0 radical (unpaired) electrons. The Morgan fingerprint density at radius 3 is 2.84 bits per heavy atom. The molecule has 0 saturated carbocycles. The minimum Gasteiger partial charge on any atom is -0.387 e. The quantitative estimate of drug-likeness (QED) is 0.854. The summed E-state index contributed by atoms with van der Waals surface area (Å²) in [6.45, 7) is 5.19. The van der Waals surface area contributed by atoms with E-state index in [0.717, 1.165) is 19.3 Å². The van der Waals surface area contributed by atoms with E-state index in [1.54, 1.807) is 0 Å². The summed E-state index contributed by atoms with van der Waals surface area (Å²) in [5, 5.41) is 11.0. The summed E-state index contributed by atoms with van der Waals surface area (Å²) in [5.41, 5.74) is 7.29. The van der Waals surface area contributed by atoms with Crippen LogP contribution in [0.5, 0.6) is 0 Å². The number of ether oxygens (including phenoxy) is 1. The number of benzene rings is 1. The van der Waals surface area contributed by atoms with E-state index in [9.17, 15) is 5.11 Å². The largest absolute Gasteiger partial charge is 0.387 e. The van der Waals surface area contributed by atoms with Gasteiger partial charge >= 0.3 is 0 Å². The van der Waals surface area contributed by atoms with Gasteiger partial charge in [0.25, 0.3) is 0 Å². The van der Waals surface area contributed by atoms with Crippen molar-refractivity contribution in [2.24, 2.45) is 5.73 Å². The zero-order valence-corrected chi connectivity index (χ0v) is 12.0. The predicted octanol–water partition coefficient (Wildman–Crippen LogP) is 2.01. The van der Waals surface area contributed by atoms with Crippen LogP contribution in [0.3, 0.4) is 0 Å². The molecule has 0 saturated heterocycles. The fourth-order valence-corrected chi connectivity index (χ4v) is 3.35. The van der Waals surface area contributed by atoms with Crippen LogP contribution in [-0.2, 0) is 16.6 Å². The maximum Gasteiger partial charge on any atom is 0.0960 e. The van der Waals surface area contributed by atoms with Gasteiger partial charge in [0.05, 0.1) is 12.2 Å². The molecule has 3 N–H and O–H groups in total. The SMILES string of the molecule is CCOCC(C)(O)C1(CN)CCCc2ccccc21. The number of hydrogen-bond acceptors (Lipinski definition) is 3. The lowest BCUT2D eigenvalue weighted by Crippen LogP contribution is -2.58. The zero-order chi connectivity index (χ0) is 13.9. The van der Waals surface area contributed by atoms with E-state index in [-0.39, 0.29) is 0 Å². The standard InChI is InChI=1S/C16H25NO2/c1-3-19-12-15(2,18)16(11-17)10-6-8-13-7-4-5-9-14(13)16/h4-5,7,9,18H,3,6,8,10-12,17H2,1-2H3. The summed E-state index contributed by atoms with van der Waals surface area (Å²) in [5.74, 6) is 0. The monoisotopic (exact) mass is 263 g/mol. The molecule has 2 rings (SSSR count). The van der Waals surface area contributed by atoms with Gasteiger partial charge in [-0.05, 0) is 44.2 Å². The first-order valence-electron chi connectivity index (χ1n) is 7.16. The lowest BCUT2D eigenvalue weighted by Gasteiger charge is -2.48. The third kappa shape index (κ3) is 2.42. The van der Waals surface area contributed by atoms with Crippen LogP contribution in [0.2, 0.25) is 0 Å². The van der Waals surface area contributed by atoms with E-state index < -0.39 is 11.0 Å². The molecule has 19 heavy (non-hydrogen) atoms. The Balaban J connectivity index is 2.44. The van der Waals surface area contributed by atoms with E-state index in [0.29, 0.717) is 19.8 Å². The fourth-order valence-electron chi connectivity index (χ4n) is 3.35. The summed E-state index contributed by atoms with van der Waals surface area (Å²) in [4.78, 5) is 0. The van der Waals surface area contributed by atoms with Crippen LogP contribution in [0, 0.1) is 0 Å². The number of aliphatic hydroxyl groups is 1. The van der Waals surface area contributed by atoms with Crippen molar-refractivity contribution in [3.05, 3.63) is 35.4 Å². The summed E-state index contributed by atoms with van der Waals surface area (Å²) >= 11 is 0. The summed E-state index contributed by atoms with van der Waals surface area (Å²) in [6, 6.07) is 8.35. The molecule has 1 aliphatic rings. The van der Waals surface area contributed by atoms with Crippen LogP contribution < -0.4 is 5.73 Å². The van der Waals surface area contributed by atoms with Gasteiger partial charge < -0.3 is 15.6 Å². The van der Waals surface area contributed by atoms with Gasteiger partial charge in [-0.1, -0.05) is 24.3 Å². The summed E-state index contributed by atoms with van der Waals surface area (Å²) < 4.78 is 5.49. The van der Waals surface area contributed by atoms with Crippen molar-refractivity contribution < 1.29 is 9.84 Å². The van der Waals surface area contributed by atoms with Crippen LogP contribution in [-0.4, -0.2) is 30.5 Å². The third-order valence-corrected chi connectivity index (χ3v) is 4.55. The fraction of sp³-hybridized carbons (Fsp3) is 0.625. The Morgan fingerprint density at radius 1 is 1.42 bits per heavy atom. The first-order chi connectivity index (χ1) is 9.07. The van der Waals surface area contributed by atoms with Crippen LogP contribution in [0.1, 0.15) is 37.8 Å². The molecule has 0 aliphatic heterocycles. The molecule has 0 fully saturated rings. The van der Waals surface area contributed by atoms with Crippen molar-refractivity contribution in [3.63, 3.8) is 0 Å². The van der Waals surface area contributed by atoms with Crippen molar-refractivity contribution in [2.75, 3.05) is 19.8 Å². The molecule has 2 atom stereocenters. The van der Waals surface area contributed by atoms with Crippen LogP contribution in [0.25, 0.3) is 0 Å². The molecule has 3 nitrogen and oxygen atoms in total. The molecule has 1 aromatic rings. The van der Waals surface area contributed by atoms with Crippen LogP contribution in [0.15, 0.2) is 24.3 Å². The molecule has 0 aromatic heterocycles. The molecular weight excluding hydrogens is 238 g/mol. The highest BCUT2D eigenvalue weighted by molar-refractivity contribution is 5.40. The number of hydrogen-bond donors (Lipinski definition) is 2. The topological polar surface area (TPSA) is 55.5 Å².